The molecule has 0 radical (unpaired) electrons. The Balaban J connectivity index is 1.80. The van der Waals surface area contributed by atoms with Crippen LogP contribution in [0, 0.1) is 0 Å². The van der Waals surface area contributed by atoms with Crippen molar-refractivity contribution < 1.29 is 4.74 Å². The van der Waals surface area contributed by atoms with E-state index in [0.29, 0.717) is 0 Å². The van der Waals surface area contributed by atoms with Crippen LogP contribution in [0.15, 0.2) is 42.6 Å². The van der Waals surface area contributed by atoms with Crippen LogP contribution >= 0.6 is 23.2 Å². The lowest BCUT2D eigenvalue weighted by atomic mass is 10.1. The summed E-state index contributed by atoms with van der Waals surface area (Å²) in [7, 11) is 0. The standard InChI is InChI=1S/C17H13Cl2NO/c18-14-2-1-11-3-5-20(16(11)9-14)10-13-8-15(19)7-12-4-6-21-17(12)13/h1-3,5,7-9H,4,6,10H2. The zero-order chi connectivity index (χ0) is 14.4. The Morgan fingerprint density at radius 2 is 1.95 bits per heavy atom. The molecule has 0 aliphatic carbocycles. The summed E-state index contributed by atoms with van der Waals surface area (Å²) in [6.07, 6.45) is 3.00. The number of hydrogen-bond donors (Lipinski definition) is 0. The number of hydrogen-bond acceptors (Lipinski definition) is 1. The van der Waals surface area contributed by atoms with Crippen molar-refractivity contribution in [3.8, 4) is 5.75 Å². The minimum atomic E-state index is 0.729. The lowest BCUT2D eigenvalue weighted by Crippen LogP contribution is -2.00. The van der Waals surface area contributed by atoms with Gasteiger partial charge in [0.1, 0.15) is 5.75 Å². The topological polar surface area (TPSA) is 14.2 Å². The summed E-state index contributed by atoms with van der Waals surface area (Å²) in [6, 6.07) is 12.0. The predicted octanol–water partition coefficient (Wildman–Crippen LogP) is 4.93. The fourth-order valence-corrected chi connectivity index (χ4v) is 3.37. The van der Waals surface area contributed by atoms with Gasteiger partial charge in [-0.2, -0.15) is 0 Å². The third kappa shape index (κ3) is 2.29. The molecule has 2 heterocycles. The number of ether oxygens (including phenoxy) is 1. The normalized spacial score (nSPS) is 13.4. The van der Waals surface area contributed by atoms with Gasteiger partial charge in [-0.3, -0.25) is 0 Å². The average molecular weight is 318 g/mol. The molecule has 1 aromatic heterocycles. The number of aromatic nitrogens is 1. The zero-order valence-corrected chi connectivity index (χ0v) is 12.8. The van der Waals surface area contributed by atoms with E-state index in [-0.39, 0.29) is 0 Å². The molecule has 0 amide bonds. The zero-order valence-electron chi connectivity index (χ0n) is 11.3. The Morgan fingerprint density at radius 1 is 1.05 bits per heavy atom. The third-order valence-corrected chi connectivity index (χ3v) is 4.36. The Morgan fingerprint density at radius 3 is 2.86 bits per heavy atom. The van der Waals surface area contributed by atoms with Crippen molar-refractivity contribution in [3.05, 3.63) is 63.8 Å². The lowest BCUT2D eigenvalue weighted by molar-refractivity contribution is 0.353. The molecule has 0 spiro atoms. The van der Waals surface area contributed by atoms with Crippen molar-refractivity contribution in [1.82, 2.24) is 4.57 Å². The van der Waals surface area contributed by atoms with E-state index in [1.807, 2.05) is 30.3 Å². The monoisotopic (exact) mass is 317 g/mol. The van der Waals surface area contributed by atoms with Crippen molar-refractivity contribution in [2.75, 3.05) is 6.61 Å². The largest absolute Gasteiger partial charge is 0.493 e. The van der Waals surface area contributed by atoms with E-state index in [1.54, 1.807) is 0 Å². The molecule has 1 aliphatic rings. The van der Waals surface area contributed by atoms with Gasteiger partial charge in [-0.15, -0.1) is 0 Å². The summed E-state index contributed by atoms with van der Waals surface area (Å²) in [5, 5.41) is 2.69. The first kappa shape index (κ1) is 13.1. The third-order valence-electron chi connectivity index (χ3n) is 3.90. The van der Waals surface area contributed by atoms with Gasteiger partial charge in [0.2, 0.25) is 0 Å². The number of benzene rings is 2. The van der Waals surface area contributed by atoms with Crippen LogP contribution in [0.2, 0.25) is 10.0 Å². The quantitative estimate of drug-likeness (QED) is 0.653. The molecule has 3 aromatic rings. The first-order chi connectivity index (χ1) is 10.2. The molecule has 2 aromatic carbocycles. The van der Waals surface area contributed by atoms with Gasteiger partial charge in [-0.05, 0) is 41.3 Å². The van der Waals surface area contributed by atoms with E-state index in [0.717, 1.165) is 46.4 Å². The van der Waals surface area contributed by atoms with Crippen LogP contribution in [0.5, 0.6) is 5.75 Å². The van der Waals surface area contributed by atoms with Crippen molar-refractivity contribution >= 4 is 34.1 Å². The molecule has 21 heavy (non-hydrogen) atoms. The Labute approximate surface area is 132 Å². The van der Waals surface area contributed by atoms with E-state index in [9.17, 15) is 0 Å². The summed E-state index contributed by atoms with van der Waals surface area (Å²) in [5.74, 6) is 0.989. The predicted molar refractivity (Wildman–Crippen MR) is 86.7 cm³/mol. The molecule has 0 N–H and O–H groups in total. The van der Waals surface area contributed by atoms with Crippen LogP contribution in [0.1, 0.15) is 11.1 Å². The van der Waals surface area contributed by atoms with Gasteiger partial charge in [0.25, 0.3) is 0 Å². The molecule has 1 aliphatic heterocycles. The molecular formula is C17H13Cl2NO. The van der Waals surface area contributed by atoms with Crippen LogP contribution in [-0.4, -0.2) is 11.2 Å². The number of halogens is 2. The molecule has 0 saturated heterocycles. The Kier molecular flexibility index (Phi) is 3.09. The summed E-state index contributed by atoms with van der Waals surface area (Å²) in [5.41, 5.74) is 3.44. The van der Waals surface area contributed by atoms with Gasteiger partial charge in [-0.1, -0.05) is 29.3 Å². The van der Waals surface area contributed by atoms with Gasteiger partial charge in [-0.25, -0.2) is 0 Å². The minimum absolute atomic E-state index is 0.729. The smallest absolute Gasteiger partial charge is 0.127 e. The number of fused-ring (bicyclic) bond motifs is 2. The molecule has 0 fully saturated rings. The molecule has 0 unspecified atom stereocenters. The van der Waals surface area contributed by atoms with E-state index in [4.69, 9.17) is 27.9 Å². The highest BCUT2D eigenvalue weighted by Crippen LogP contribution is 2.34. The second-order valence-electron chi connectivity index (χ2n) is 5.30. The van der Waals surface area contributed by atoms with Crippen LogP contribution in [0.4, 0.5) is 0 Å². The fourth-order valence-electron chi connectivity index (χ4n) is 2.94. The summed E-state index contributed by atoms with van der Waals surface area (Å²) in [6.45, 7) is 1.47. The van der Waals surface area contributed by atoms with E-state index < -0.39 is 0 Å². The maximum absolute atomic E-state index is 6.23. The Hall–Kier alpha value is -1.64. The molecule has 106 valence electrons. The summed E-state index contributed by atoms with van der Waals surface area (Å²) < 4.78 is 7.95. The number of nitrogens with zero attached hydrogens (tertiary/aromatic N) is 1. The first-order valence-corrected chi connectivity index (χ1v) is 7.65. The van der Waals surface area contributed by atoms with Gasteiger partial charge in [0.15, 0.2) is 0 Å². The van der Waals surface area contributed by atoms with Crippen LogP contribution in [0.3, 0.4) is 0 Å². The van der Waals surface area contributed by atoms with Gasteiger partial charge >= 0.3 is 0 Å². The van der Waals surface area contributed by atoms with Crippen molar-refractivity contribution in [2.24, 2.45) is 0 Å². The maximum Gasteiger partial charge on any atom is 0.127 e. The van der Waals surface area contributed by atoms with Crippen molar-refractivity contribution in [2.45, 2.75) is 13.0 Å². The fraction of sp³-hybridized carbons (Fsp3) is 0.176. The van der Waals surface area contributed by atoms with E-state index in [2.05, 4.69) is 16.8 Å². The summed E-state index contributed by atoms with van der Waals surface area (Å²) in [4.78, 5) is 0. The Bertz CT molecular complexity index is 838. The van der Waals surface area contributed by atoms with Crippen LogP contribution < -0.4 is 4.74 Å². The molecule has 0 atom stereocenters. The van der Waals surface area contributed by atoms with Crippen molar-refractivity contribution in [3.63, 3.8) is 0 Å². The first-order valence-electron chi connectivity index (χ1n) is 6.89. The molecular weight excluding hydrogens is 305 g/mol. The second kappa shape index (κ2) is 4.97. The summed E-state index contributed by atoms with van der Waals surface area (Å²) >= 11 is 12.3. The SMILES string of the molecule is Clc1cc2c(c(Cn3ccc4ccc(Cl)cc43)c1)OCC2. The van der Waals surface area contributed by atoms with Gasteiger partial charge < -0.3 is 9.30 Å². The maximum atomic E-state index is 6.23. The van der Waals surface area contributed by atoms with Crippen LogP contribution in [0.25, 0.3) is 10.9 Å². The second-order valence-corrected chi connectivity index (χ2v) is 6.17. The molecule has 4 heteroatoms. The lowest BCUT2D eigenvalue weighted by Gasteiger charge is -2.11. The molecule has 4 rings (SSSR count). The molecule has 0 bridgehead atoms. The average Bonchev–Trinajstić information content (AvgIpc) is 3.06. The highest BCUT2D eigenvalue weighted by Gasteiger charge is 2.18. The molecule has 2 nitrogen and oxygen atoms in total. The number of rotatable bonds is 2. The molecule has 0 saturated carbocycles. The van der Waals surface area contributed by atoms with Gasteiger partial charge in [0, 0.05) is 33.7 Å². The van der Waals surface area contributed by atoms with E-state index in [1.165, 1.54) is 10.9 Å². The van der Waals surface area contributed by atoms with Gasteiger partial charge in [0.05, 0.1) is 13.2 Å². The minimum Gasteiger partial charge on any atom is -0.493 e. The van der Waals surface area contributed by atoms with Crippen molar-refractivity contribution in [1.29, 1.82) is 0 Å². The highest BCUT2D eigenvalue weighted by atomic mass is 35.5. The highest BCUT2D eigenvalue weighted by molar-refractivity contribution is 6.31. The van der Waals surface area contributed by atoms with Crippen LogP contribution in [-0.2, 0) is 13.0 Å². The van der Waals surface area contributed by atoms with E-state index >= 15 is 0 Å².